The largest absolute Gasteiger partial charge is 0.324 e. The van der Waals surface area contributed by atoms with E-state index in [1.807, 2.05) is 13.0 Å². The summed E-state index contributed by atoms with van der Waals surface area (Å²) in [6.45, 7) is 1.82. The first-order chi connectivity index (χ1) is 5.09. The van der Waals surface area contributed by atoms with Crippen molar-refractivity contribution in [3.8, 4) is 0 Å². The van der Waals surface area contributed by atoms with Crippen LogP contribution in [0.5, 0.6) is 0 Å². The lowest BCUT2D eigenvalue weighted by Gasteiger charge is -2.05. The highest BCUT2D eigenvalue weighted by atomic mass is 79.9. The molecule has 0 bridgehead atoms. The number of halogens is 2. The van der Waals surface area contributed by atoms with Crippen LogP contribution in [0.4, 0.5) is 4.39 Å². The molecule has 0 amide bonds. The molecular weight excluding hydrogens is 209 g/mol. The highest BCUT2D eigenvalue weighted by molar-refractivity contribution is 9.10. The van der Waals surface area contributed by atoms with Crippen LogP contribution in [0.3, 0.4) is 0 Å². The van der Waals surface area contributed by atoms with Crippen LogP contribution in [0.25, 0.3) is 0 Å². The first-order valence-electron chi connectivity index (χ1n) is 3.31. The molecule has 1 rings (SSSR count). The first kappa shape index (κ1) is 8.68. The third-order valence-corrected chi connectivity index (χ3v) is 1.87. The number of benzene rings is 1. The molecule has 0 spiro atoms. The van der Waals surface area contributed by atoms with Crippen LogP contribution in [0.15, 0.2) is 22.7 Å². The van der Waals surface area contributed by atoms with Crippen LogP contribution < -0.4 is 5.73 Å². The van der Waals surface area contributed by atoms with Crippen molar-refractivity contribution in [2.45, 2.75) is 13.0 Å². The van der Waals surface area contributed by atoms with Crippen molar-refractivity contribution in [1.29, 1.82) is 0 Å². The maximum absolute atomic E-state index is 12.7. The summed E-state index contributed by atoms with van der Waals surface area (Å²) in [6.07, 6.45) is 0. The molecule has 1 aromatic rings. The van der Waals surface area contributed by atoms with Gasteiger partial charge in [0, 0.05) is 10.5 Å². The van der Waals surface area contributed by atoms with Gasteiger partial charge in [-0.2, -0.15) is 0 Å². The van der Waals surface area contributed by atoms with Gasteiger partial charge in [0.15, 0.2) is 0 Å². The molecule has 1 unspecified atom stereocenters. The predicted octanol–water partition coefficient (Wildman–Crippen LogP) is 2.61. The topological polar surface area (TPSA) is 26.0 Å². The fraction of sp³-hybridized carbons (Fsp3) is 0.250. The molecule has 60 valence electrons. The first-order valence-corrected chi connectivity index (χ1v) is 4.10. The van der Waals surface area contributed by atoms with Crippen molar-refractivity contribution >= 4 is 15.9 Å². The van der Waals surface area contributed by atoms with Crippen molar-refractivity contribution in [3.05, 3.63) is 34.1 Å². The van der Waals surface area contributed by atoms with E-state index in [0.717, 1.165) is 10.0 Å². The van der Waals surface area contributed by atoms with Gasteiger partial charge in [-0.15, -0.1) is 0 Å². The second-order valence-electron chi connectivity index (χ2n) is 2.49. The van der Waals surface area contributed by atoms with Gasteiger partial charge in [-0.05, 0) is 30.7 Å². The monoisotopic (exact) mass is 217 g/mol. The Morgan fingerprint density at radius 2 is 2.09 bits per heavy atom. The minimum atomic E-state index is -0.258. The minimum absolute atomic E-state index is 0.123. The van der Waals surface area contributed by atoms with E-state index in [0.29, 0.717) is 0 Å². The Balaban J connectivity index is 3.08. The average Bonchev–Trinajstić information content (AvgIpc) is 1.85. The SMILES string of the molecule is CC(N)c1cc(F)cc(Br)c1. The van der Waals surface area contributed by atoms with E-state index in [4.69, 9.17) is 5.73 Å². The number of hydrogen-bond acceptors (Lipinski definition) is 1. The van der Waals surface area contributed by atoms with Crippen LogP contribution in [-0.2, 0) is 0 Å². The van der Waals surface area contributed by atoms with Gasteiger partial charge < -0.3 is 5.73 Å². The minimum Gasteiger partial charge on any atom is -0.324 e. The Morgan fingerprint density at radius 3 is 2.55 bits per heavy atom. The molecule has 0 aliphatic heterocycles. The number of rotatable bonds is 1. The molecule has 0 radical (unpaired) electrons. The second-order valence-corrected chi connectivity index (χ2v) is 3.41. The van der Waals surface area contributed by atoms with Gasteiger partial charge in [0.05, 0.1) is 0 Å². The van der Waals surface area contributed by atoms with E-state index in [9.17, 15) is 4.39 Å². The molecule has 1 atom stereocenters. The standard InChI is InChI=1S/C8H9BrFN/c1-5(11)6-2-7(9)4-8(10)3-6/h2-5H,11H2,1H3. The van der Waals surface area contributed by atoms with Crippen molar-refractivity contribution < 1.29 is 4.39 Å². The molecule has 0 heterocycles. The van der Waals surface area contributed by atoms with Crippen LogP contribution in [-0.4, -0.2) is 0 Å². The van der Waals surface area contributed by atoms with E-state index in [-0.39, 0.29) is 11.9 Å². The van der Waals surface area contributed by atoms with Gasteiger partial charge in [0.25, 0.3) is 0 Å². The van der Waals surface area contributed by atoms with Gasteiger partial charge in [0.1, 0.15) is 5.82 Å². The number of hydrogen-bond donors (Lipinski definition) is 1. The molecule has 0 fully saturated rings. The van der Waals surface area contributed by atoms with Gasteiger partial charge in [-0.1, -0.05) is 15.9 Å². The molecule has 1 aromatic carbocycles. The van der Waals surface area contributed by atoms with Gasteiger partial charge in [0.2, 0.25) is 0 Å². The zero-order chi connectivity index (χ0) is 8.43. The Hall–Kier alpha value is -0.410. The third-order valence-electron chi connectivity index (χ3n) is 1.41. The maximum Gasteiger partial charge on any atom is 0.124 e. The van der Waals surface area contributed by atoms with Gasteiger partial charge >= 0.3 is 0 Å². The highest BCUT2D eigenvalue weighted by Crippen LogP contribution is 2.18. The summed E-state index contributed by atoms with van der Waals surface area (Å²) in [7, 11) is 0. The molecule has 0 saturated heterocycles. The third kappa shape index (κ3) is 2.27. The highest BCUT2D eigenvalue weighted by Gasteiger charge is 2.02. The maximum atomic E-state index is 12.7. The van der Waals surface area contributed by atoms with Crippen molar-refractivity contribution in [2.75, 3.05) is 0 Å². The van der Waals surface area contributed by atoms with E-state index < -0.39 is 0 Å². The zero-order valence-corrected chi connectivity index (χ0v) is 7.73. The lowest BCUT2D eigenvalue weighted by molar-refractivity contribution is 0.621. The smallest absolute Gasteiger partial charge is 0.124 e. The summed E-state index contributed by atoms with van der Waals surface area (Å²) >= 11 is 3.19. The molecule has 0 aromatic heterocycles. The molecule has 0 aliphatic carbocycles. The molecule has 11 heavy (non-hydrogen) atoms. The Bertz CT molecular complexity index is 240. The van der Waals surface area contributed by atoms with Crippen LogP contribution >= 0.6 is 15.9 Å². The van der Waals surface area contributed by atoms with Crippen molar-refractivity contribution in [1.82, 2.24) is 0 Å². The Morgan fingerprint density at radius 1 is 1.45 bits per heavy atom. The van der Waals surface area contributed by atoms with Crippen molar-refractivity contribution in [2.24, 2.45) is 5.73 Å². The summed E-state index contributed by atoms with van der Waals surface area (Å²) in [5, 5.41) is 0. The van der Waals surface area contributed by atoms with Crippen molar-refractivity contribution in [3.63, 3.8) is 0 Å². The van der Waals surface area contributed by atoms with Crippen LogP contribution in [0, 0.1) is 5.82 Å². The lowest BCUT2D eigenvalue weighted by atomic mass is 10.1. The fourth-order valence-corrected chi connectivity index (χ4v) is 1.32. The molecule has 1 nitrogen and oxygen atoms in total. The van der Waals surface area contributed by atoms with E-state index >= 15 is 0 Å². The Kier molecular flexibility index (Phi) is 2.62. The lowest BCUT2D eigenvalue weighted by Crippen LogP contribution is -2.04. The van der Waals surface area contributed by atoms with Crippen LogP contribution in [0.1, 0.15) is 18.5 Å². The summed E-state index contributed by atoms with van der Waals surface area (Å²) < 4.78 is 13.4. The molecule has 2 N–H and O–H groups in total. The summed E-state index contributed by atoms with van der Waals surface area (Å²) in [5.41, 5.74) is 6.37. The molecule has 0 aliphatic rings. The Labute approximate surface area is 73.5 Å². The predicted molar refractivity (Wildman–Crippen MR) is 46.7 cm³/mol. The van der Waals surface area contributed by atoms with E-state index in [1.54, 1.807) is 0 Å². The van der Waals surface area contributed by atoms with Gasteiger partial charge in [-0.25, -0.2) is 4.39 Å². The van der Waals surface area contributed by atoms with E-state index in [2.05, 4.69) is 15.9 Å². The number of nitrogens with two attached hydrogens (primary N) is 1. The normalized spacial score (nSPS) is 13.1. The average molecular weight is 218 g/mol. The summed E-state index contributed by atoms with van der Waals surface area (Å²) in [4.78, 5) is 0. The van der Waals surface area contributed by atoms with Crippen LogP contribution in [0.2, 0.25) is 0 Å². The quantitative estimate of drug-likeness (QED) is 0.770. The molecular formula is C8H9BrFN. The van der Waals surface area contributed by atoms with E-state index in [1.165, 1.54) is 12.1 Å². The summed E-state index contributed by atoms with van der Waals surface area (Å²) in [6, 6.07) is 4.54. The zero-order valence-electron chi connectivity index (χ0n) is 6.14. The summed E-state index contributed by atoms with van der Waals surface area (Å²) in [5.74, 6) is -0.258. The molecule has 3 heteroatoms. The second kappa shape index (κ2) is 3.32. The fourth-order valence-electron chi connectivity index (χ4n) is 0.838. The van der Waals surface area contributed by atoms with Gasteiger partial charge in [-0.3, -0.25) is 0 Å². The molecule has 0 saturated carbocycles.